The van der Waals surface area contributed by atoms with Gasteiger partial charge in [0.1, 0.15) is 0 Å². The molecule has 0 saturated heterocycles. The van der Waals surface area contributed by atoms with Crippen LogP contribution in [0.2, 0.25) is 0 Å². The maximum atomic E-state index is 10.2. The van der Waals surface area contributed by atoms with Crippen LogP contribution in [-0.2, 0) is 0 Å². The first-order valence-corrected chi connectivity index (χ1v) is 6.46. The van der Waals surface area contributed by atoms with Gasteiger partial charge in [-0.1, -0.05) is 30.2 Å². The van der Waals surface area contributed by atoms with Crippen LogP contribution < -0.4 is 0 Å². The van der Waals surface area contributed by atoms with Crippen molar-refractivity contribution < 1.29 is 5.11 Å². The van der Waals surface area contributed by atoms with Crippen molar-refractivity contribution in [2.45, 2.75) is 59.0 Å². The van der Waals surface area contributed by atoms with Crippen LogP contribution in [0.4, 0.5) is 0 Å². The Morgan fingerprint density at radius 3 is 2.81 bits per heavy atom. The van der Waals surface area contributed by atoms with Crippen LogP contribution in [-0.4, -0.2) is 11.2 Å². The zero-order valence-corrected chi connectivity index (χ0v) is 10.8. The quantitative estimate of drug-likeness (QED) is 0.666. The summed E-state index contributed by atoms with van der Waals surface area (Å²) < 4.78 is 0. The standard InChI is InChI=1S/C15H24O/c1-10(2)12-8-13-11(3)6-5-7-15(13,4)9-14(12)16/h12,14,16H,1,5-9H2,2-4H3/t12-,14+,15+/m1/s1. The van der Waals surface area contributed by atoms with Gasteiger partial charge in [-0.3, -0.25) is 0 Å². The lowest BCUT2D eigenvalue weighted by Crippen LogP contribution is -2.39. The first kappa shape index (κ1) is 11.9. The second kappa shape index (κ2) is 4.03. The number of rotatable bonds is 1. The highest BCUT2D eigenvalue weighted by atomic mass is 16.3. The molecule has 0 radical (unpaired) electrons. The Balaban J connectivity index is 2.32. The molecule has 3 atom stereocenters. The van der Waals surface area contributed by atoms with Crippen LogP contribution in [0.15, 0.2) is 23.3 Å². The second-order valence-electron chi connectivity index (χ2n) is 6.10. The van der Waals surface area contributed by atoms with E-state index in [1.165, 1.54) is 19.3 Å². The van der Waals surface area contributed by atoms with Crippen molar-refractivity contribution in [3.05, 3.63) is 23.3 Å². The number of fused-ring (bicyclic) bond motifs is 1. The first-order valence-electron chi connectivity index (χ1n) is 6.46. The van der Waals surface area contributed by atoms with E-state index in [0.717, 1.165) is 18.4 Å². The van der Waals surface area contributed by atoms with Crippen LogP contribution in [0, 0.1) is 11.3 Å². The van der Waals surface area contributed by atoms with Crippen LogP contribution in [0.1, 0.15) is 52.9 Å². The van der Waals surface area contributed by atoms with E-state index >= 15 is 0 Å². The molecular weight excluding hydrogens is 196 g/mol. The summed E-state index contributed by atoms with van der Waals surface area (Å²) in [7, 11) is 0. The Kier molecular flexibility index (Phi) is 3.00. The number of allylic oxidation sites excluding steroid dienone is 2. The van der Waals surface area contributed by atoms with Crippen molar-refractivity contribution in [2.75, 3.05) is 0 Å². The Hall–Kier alpha value is -0.560. The lowest BCUT2D eigenvalue weighted by Gasteiger charge is -2.46. The molecule has 1 N–H and O–H groups in total. The van der Waals surface area contributed by atoms with E-state index in [1.807, 2.05) is 0 Å². The summed E-state index contributed by atoms with van der Waals surface area (Å²) in [5, 5.41) is 10.2. The molecule has 0 aromatic rings. The molecule has 0 aliphatic heterocycles. The van der Waals surface area contributed by atoms with Crippen molar-refractivity contribution in [3.63, 3.8) is 0 Å². The highest BCUT2D eigenvalue weighted by molar-refractivity contribution is 5.28. The normalized spacial score (nSPS) is 39.5. The summed E-state index contributed by atoms with van der Waals surface area (Å²) in [6.07, 6.45) is 5.58. The molecule has 0 unspecified atom stereocenters. The molecule has 2 aliphatic carbocycles. The van der Waals surface area contributed by atoms with Crippen LogP contribution in [0.3, 0.4) is 0 Å². The van der Waals surface area contributed by atoms with Crippen LogP contribution in [0.5, 0.6) is 0 Å². The maximum Gasteiger partial charge on any atom is 0.0616 e. The molecular formula is C15H24O. The Morgan fingerprint density at radius 2 is 2.19 bits per heavy atom. The molecule has 2 rings (SSSR count). The summed E-state index contributed by atoms with van der Waals surface area (Å²) in [5.41, 5.74) is 4.61. The fourth-order valence-electron chi connectivity index (χ4n) is 3.67. The monoisotopic (exact) mass is 220 g/mol. The van der Waals surface area contributed by atoms with Gasteiger partial charge in [-0.2, -0.15) is 0 Å². The lowest BCUT2D eigenvalue weighted by molar-refractivity contribution is 0.0456. The first-order chi connectivity index (χ1) is 7.44. The van der Waals surface area contributed by atoms with Gasteiger partial charge in [-0.25, -0.2) is 0 Å². The van der Waals surface area contributed by atoms with Crippen LogP contribution >= 0.6 is 0 Å². The van der Waals surface area contributed by atoms with Gasteiger partial charge in [0.15, 0.2) is 0 Å². The van der Waals surface area contributed by atoms with Gasteiger partial charge in [-0.15, -0.1) is 0 Å². The Morgan fingerprint density at radius 1 is 1.50 bits per heavy atom. The van der Waals surface area contributed by atoms with Crippen molar-refractivity contribution in [1.82, 2.24) is 0 Å². The second-order valence-corrected chi connectivity index (χ2v) is 6.10. The number of aliphatic hydroxyl groups is 1. The van der Waals surface area contributed by atoms with Gasteiger partial charge < -0.3 is 5.11 Å². The molecule has 1 fully saturated rings. The third-order valence-electron chi connectivity index (χ3n) is 4.71. The molecule has 2 aliphatic rings. The maximum absolute atomic E-state index is 10.2. The molecule has 0 aromatic carbocycles. The summed E-state index contributed by atoms with van der Waals surface area (Å²) in [5.74, 6) is 0.288. The van der Waals surface area contributed by atoms with Crippen molar-refractivity contribution in [1.29, 1.82) is 0 Å². The largest absolute Gasteiger partial charge is 0.392 e. The molecule has 0 bridgehead atoms. The molecule has 90 valence electrons. The minimum Gasteiger partial charge on any atom is -0.392 e. The van der Waals surface area contributed by atoms with Crippen LogP contribution in [0.25, 0.3) is 0 Å². The fourth-order valence-corrected chi connectivity index (χ4v) is 3.67. The average Bonchev–Trinajstić information content (AvgIpc) is 2.15. The van der Waals surface area contributed by atoms with Gasteiger partial charge >= 0.3 is 0 Å². The predicted octanol–water partition coefficient (Wildman–Crippen LogP) is 3.84. The van der Waals surface area contributed by atoms with E-state index in [4.69, 9.17) is 0 Å². The summed E-state index contributed by atoms with van der Waals surface area (Å²) in [4.78, 5) is 0. The van der Waals surface area contributed by atoms with Gasteiger partial charge in [0, 0.05) is 5.92 Å². The average molecular weight is 220 g/mol. The Bertz CT molecular complexity index is 339. The third-order valence-corrected chi connectivity index (χ3v) is 4.71. The smallest absolute Gasteiger partial charge is 0.0616 e. The summed E-state index contributed by atoms with van der Waals surface area (Å²) in [6, 6.07) is 0. The molecule has 0 spiro atoms. The molecule has 0 aromatic heterocycles. The third kappa shape index (κ3) is 1.86. The number of aliphatic hydroxyl groups excluding tert-OH is 1. The van der Waals surface area contributed by atoms with E-state index < -0.39 is 0 Å². The molecule has 0 heterocycles. The molecule has 16 heavy (non-hydrogen) atoms. The zero-order chi connectivity index (χ0) is 11.9. The fraction of sp³-hybridized carbons (Fsp3) is 0.733. The van der Waals surface area contributed by atoms with E-state index in [-0.39, 0.29) is 17.4 Å². The van der Waals surface area contributed by atoms with E-state index in [1.54, 1.807) is 11.1 Å². The summed E-state index contributed by atoms with van der Waals surface area (Å²) in [6.45, 7) is 10.7. The van der Waals surface area contributed by atoms with Gasteiger partial charge in [0.05, 0.1) is 6.10 Å². The minimum atomic E-state index is -0.183. The summed E-state index contributed by atoms with van der Waals surface area (Å²) >= 11 is 0. The van der Waals surface area contributed by atoms with Crippen molar-refractivity contribution >= 4 is 0 Å². The SMILES string of the molecule is C=C(C)[C@H]1CC2=C(C)CCC[C@@]2(C)C[C@@H]1O. The highest BCUT2D eigenvalue weighted by Crippen LogP contribution is 2.51. The molecule has 1 saturated carbocycles. The van der Waals surface area contributed by atoms with Crippen molar-refractivity contribution in [3.8, 4) is 0 Å². The highest BCUT2D eigenvalue weighted by Gasteiger charge is 2.42. The number of hydrogen-bond acceptors (Lipinski definition) is 1. The van der Waals surface area contributed by atoms with Crippen molar-refractivity contribution in [2.24, 2.45) is 11.3 Å². The molecule has 1 nitrogen and oxygen atoms in total. The number of hydrogen-bond donors (Lipinski definition) is 1. The van der Waals surface area contributed by atoms with Gasteiger partial charge in [0.2, 0.25) is 0 Å². The Labute approximate surface area is 99.3 Å². The molecule has 1 heteroatoms. The topological polar surface area (TPSA) is 20.2 Å². The minimum absolute atomic E-state index is 0.183. The van der Waals surface area contributed by atoms with E-state index in [2.05, 4.69) is 27.4 Å². The van der Waals surface area contributed by atoms with E-state index in [0.29, 0.717) is 0 Å². The van der Waals surface area contributed by atoms with E-state index in [9.17, 15) is 5.11 Å². The van der Waals surface area contributed by atoms with Gasteiger partial charge in [0.25, 0.3) is 0 Å². The van der Waals surface area contributed by atoms with Gasteiger partial charge in [-0.05, 0) is 51.4 Å². The molecule has 0 amide bonds. The predicted molar refractivity (Wildman–Crippen MR) is 68.2 cm³/mol. The lowest BCUT2D eigenvalue weighted by atomic mass is 9.60. The zero-order valence-electron chi connectivity index (χ0n) is 10.8.